The predicted molar refractivity (Wildman–Crippen MR) is 62.3 cm³/mol. The molecule has 16 heavy (non-hydrogen) atoms. The lowest BCUT2D eigenvalue weighted by Crippen LogP contribution is -2.15. The number of ketones is 1. The van der Waals surface area contributed by atoms with Gasteiger partial charge in [0.1, 0.15) is 0 Å². The first-order valence-electron chi connectivity index (χ1n) is 4.53. The number of Topliss-reactive ketones (excluding diaryl/α,β-unsaturated/α-hetero) is 1. The zero-order valence-electron chi connectivity index (χ0n) is 8.41. The van der Waals surface area contributed by atoms with E-state index in [1.807, 2.05) is 18.2 Å². The van der Waals surface area contributed by atoms with Crippen LogP contribution in [0.15, 0.2) is 28.9 Å². The number of H-pyrrole nitrogens is 1. The number of carbonyl (C=O) groups excluding carboxylic acids is 2. The normalized spacial score (nSPS) is 10.4. The second kappa shape index (κ2) is 4.09. The van der Waals surface area contributed by atoms with Crippen molar-refractivity contribution in [2.75, 3.05) is 7.11 Å². The fourth-order valence-corrected chi connectivity index (χ4v) is 2.10. The van der Waals surface area contributed by atoms with Crippen LogP contribution < -0.4 is 0 Å². The van der Waals surface area contributed by atoms with Gasteiger partial charge in [-0.1, -0.05) is 22.0 Å². The monoisotopic (exact) mass is 281 g/mol. The van der Waals surface area contributed by atoms with E-state index in [-0.39, 0.29) is 0 Å². The van der Waals surface area contributed by atoms with E-state index in [2.05, 4.69) is 25.7 Å². The molecule has 1 heterocycles. The highest BCUT2D eigenvalue weighted by molar-refractivity contribution is 9.10. The number of hydrogen-bond acceptors (Lipinski definition) is 3. The third-order valence-electron chi connectivity index (χ3n) is 2.27. The highest BCUT2D eigenvalue weighted by Crippen LogP contribution is 2.27. The Morgan fingerprint density at radius 3 is 2.81 bits per heavy atom. The molecule has 0 fully saturated rings. The Labute approximate surface area is 99.7 Å². The highest BCUT2D eigenvalue weighted by Gasteiger charge is 2.21. The maximum absolute atomic E-state index is 11.7. The molecular formula is C11H8BrNO3. The number of fused-ring (bicyclic) bond motifs is 1. The summed E-state index contributed by atoms with van der Waals surface area (Å²) in [5, 5.41) is 0.693. The Hall–Kier alpha value is -1.62. The van der Waals surface area contributed by atoms with Crippen LogP contribution in [0.3, 0.4) is 0 Å². The summed E-state index contributed by atoms with van der Waals surface area (Å²) in [4.78, 5) is 25.8. The van der Waals surface area contributed by atoms with E-state index in [9.17, 15) is 9.59 Å². The summed E-state index contributed by atoms with van der Waals surface area (Å²) < 4.78 is 5.17. The van der Waals surface area contributed by atoms with Crippen LogP contribution in [0.5, 0.6) is 0 Å². The van der Waals surface area contributed by atoms with E-state index in [0.717, 1.165) is 9.99 Å². The largest absolute Gasteiger partial charge is 0.463 e. The quantitative estimate of drug-likeness (QED) is 0.522. The molecule has 82 valence electrons. The van der Waals surface area contributed by atoms with Crippen molar-refractivity contribution in [3.8, 4) is 0 Å². The summed E-state index contributed by atoms with van der Waals surface area (Å²) in [6.45, 7) is 0. The SMILES string of the molecule is COC(=O)C(=O)c1c[nH]c2cccc(Br)c12. The van der Waals surface area contributed by atoms with Crippen molar-refractivity contribution in [1.82, 2.24) is 4.98 Å². The third-order valence-corrected chi connectivity index (χ3v) is 2.93. The molecule has 0 bridgehead atoms. The van der Waals surface area contributed by atoms with E-state index in [4.69, 9.17) is 0 Å². The molecule has 0 spiro atoms. The van der Waals surface area contributed by atoms with Gasteiger partial charge in [-0.2, -0.15) is 0 Å². The lowest BCUT2D eigenvalue weighted by atomic mass is 10.1. The summed E-state index contributed by atoms with van der Waals surface area (Å²) in [5.74, 6) is -1.52. The molecule has 0 aliphatic heterocycles. The highest BCUT2D eigenvalue weighted by atomic mass is 79.9. The minimum atomic E-state index is -0.864. The van der Waals surface area contributed by atoms with Crippen LogP contribution >= 0.6 is 15.9 Å². The van der Waals surface area contributed by atoms with Gasteiger partial charge in [0.25, 0.3) is 5.78 Å². The lowest BCUT2D eigenvalue weighted by molar-refractivity contribution is -0.135. The molecule has 0 saturated carbocycles. The van der Waals surface area contributed by atoms with Crippen molar-refractivity contribution in [3.05, 3.63) is 34.4 Å². The Bertz CT molecular complexity index is 574. The molecule has 0 amide bonds. The number of benzene rings is 1. The average Bonchev–Trinajstić information content (AvgIpc) is 2.72. The van der Waals surface area contributed by atoms with Crippen LogP contribution in [0.2, 0.25) is 0 Å². The van der Waals surface area contributed by atoms with Gasteiger partial charge >= 0.3 is 5.97 Å². The van der Waals surface area contributed by atoms with Crippen LogP contribution in [0.4, 0.5) is 0 Å². The van der Waals surface area contributed by atoms with Crippen molar-refractivity contribution in [3.63, 3.8) is 0 Å². The number of aromatic nitrogens is 1. The molecule has 5 heteroatoms. The molecule has 2 rings (SSSR count). The number of hydrogen-bond donors (Lipinski definition) is 1. The summed E-state index contributed by atoms with van der Waals surface area (Å²) >= 11 is 3.34. The fourth-order valence-electron chi connectivity index (χ4n) is 1.52. The number of rotatable bonds is 2. The van der Waals surface area contributed by atoms with Gasteiger partial charge < -0.3 is 9.72 Å². The first-order chi connectivity index (χ1) is 7.65. The maximum atomic E-state index is 11.7. The smallest absolute Gasteiger partial charge is 0.379 e. The molecule has 0 unspecified atom stereocenters. The van der Waals surface area contributed by atoms with Crippen LogP contribution in [-0.4, -0.2) is 23.8 Å². The van der Waals surface area contributed by atoms with E-state index in [0.29, 0.717) is 10.9 Å². The predicted octanol–water partition coefficient (Wildman–Crippen LogP) is 2.29. The minimum absolute atomic E-state index is 0.314. The number of carbonyl (C=O) groups is 2. The number of esters is 1. The molecule has 0 aliphatic rings. The van der Waals surface area contributed by atoms with Crippen molar-refractivity contribution in [2.45, 2.75) is 0 Å². The molecule has 1 aromatic heterocycles. The molecule has 0 radical (unpaired) electrons. The van der Waals surface area contributed by atoms with Gasteiger partial charge in [0, 0.05) is 21.6 Å². The molecule has 4 nitrogen and oxygen atoms in total. The van der Waals surface area contributed by atoms with E-state index in [1.54, 1.807) is 0 Å². The molecular weight excluding hydrogens is 274 g/mol. The number of ether oxygens (including phenoxy) is 1. The van der Waals surface area contributed by atoms with Gasteiger partial charge in [-0.15, -0.1) is 0 Å². The van der Waals surface area contributed by atoms with Crippen molar-refractivity contribution < 1.29 is 14.3 Å². The van der Waals surface area contributed by atoms with Gasteiger partial charge in [0.2, 0.25) is 0 Å². The molecule has 0 atom stereocenters. The zero-order chi connectivity index (χ0) is 11.7. The maximum Gasteiger partial charge on any atom is 0.379 e. The minimum Gasteiger partial charge on any atom is -0.463 e. The Morgan fingerprint density at radius 1 is 1.38 bits per heavy atom. The van der Waals surface area contributed by atoms with E-state index in [1.165, 1.54) is 13.3 Å². The number of methoxy groups -OCH3 is 1. The second-order valence-electron chi connectivity index (χ2n) is 3.19. The van der Waals surface area contributed by atoms with Crippen LogP contribution in [-0.2, 0) is 9.53 Å². The Balaban J connectivity index is 2.62. The fraction of sp³-hybridized carbons (Fsp3) is 0.0909. The van der Waals surface area contributed by atoms with Crippen molar-refractivity contribution >= 4 is 38.6 Å². The Morgan fingerprint density at radius 2 is 2.12 bits per heavy atom. The van der Waals surface area contributed by atoms with Gasteiger partial charge in [0.15, 0.2) is 0 Å². The first-order valence-corrected chi connectivity index (χ1v) is 5.32. The Kier molecular flexibility index (Phi) is 2.78. The number of halogens is 1. The number of aromatic amines is 1. The van der Waals surface area contributed by atoms with Gasteiger partial charge in [-0.3, -0.25) is 4.79 Å². The summed E-state index contributed by atoms with van der Waals surface area (Å²) in [6, 6.07) is 5.48. The van der Waals surface area contributed by atoms with Crippen LogP contribution in [0.25, 0.3) is 10.9 Å². The van der Waals surface area contributed by atoms with Crippen molar-refractivity contribution in [2.24, 2.45) is 0 Å². The zero-order valence-corrected chi connectivity index (χ0v) is 10.00. The topological polar surface area (TPSA) is 59.2 Å². The summed E-state index contributed by atoms with van der Waals surface area (Å²) in [7, 11) is 1.18. The van der Waals surface area contributed by atoms with Gasteiger partial charge in [-0.05, 0) is 12.1 Å². The first kappa shape index (κ1) is 10.9. The molecule has 0 saturated heterocycles. The third kappa shape index (κ3) is 1.63. The standard InChI is InChI=1S/C11H8BrNO3/c1-16-11(15)10(14)6-5-13-8-4-2-3-7(12)9(6)8/h2-5,13H,1H3. The van der Waals surface area contributed by atoms with Gasteiger partial charge in [0.05, 0.1) is 12.7 Å². The van der Waals surface area contributed by atoms with E-state index >= 15 is 0 Å². The average molecular weight is 282 g/mol. The summed E-state index contributed by atoms with van der Waals surface area (Å²) in [6.07, 6.45) is 1.51. The number of nitrogens with one attached hydrogen (secondary N) is 1. The van der Waals surface area contributed by atoms with Gasteiger partial charge in [-0.25, -0.2) is 4.79 Å². The molecule has 1 N–H and O–H groups in total. The second-order valence-corrected chi connectivity index (χ2v) is 4.04. The van der Waals surface area contributed by atoms with Crippen molar-refractivity contribution in [1.29, 1.82) is 0 Å². The lowest BCUT2D eigenvalue weighted by Gasteiger charge is -1.98. The molecule has 1 aromatic carbocycles. The van der Waals surface area contributed by atoms with Crippen LogP contribution in [0, 0.1) is 0 Å². The van der Waals surface area contributed by atoms with E-state index < -0.39 is 11.8 Å². The van der Waals surface area contributed by atoms with Crippen LogP contribution in [0.1, 0.15) is 10.4 Å². The molecule has 2 aromatic rings. The summed E-state index contributed by atoms with van der Waals surface area (Å²) in [5.41, 5.74) is 1.11. The molecule has 0 aliphatic carbocycles.